The molecule has 0 saturated carbocycles. The summed E-state index contributed by atoms with van der Waals surface area (Å²) in [5.74, 6) is 0.873. The van der Waals surface area contributed by atoms with Crippen LogP contribution < -0.4 is 4.74 Å². The SMILES string of the molecule is Brc1cc2n(n1)CCCO2. The first-order valence-electron chi connectivity index (χ1n) is 3.22. The van der Waals surface area contributed by atoms with E-state index in [1.54, 1.807) is 0 Å². The molecule has 0 bridgehead atoms. The van der Waals surface area contributed by atoms with Crippen molar-refractivity contribution in [3.63, 3.8) is 0 Å². The lowest BCUT2D eigenvalue weighted by Crippen LogP contribution is -2.14. The van der Waals surface area contributed by atoms with Crippen LogP contribution in [0.5, 0.6) is 5.88 Å². The third-order valence-corrected chi connectivity index (χ3v) is 1.86. The van der Waals surface area contributed by atoms with Crippen molar-refractivity contribution in [3.8, 4) is 5.88 Å². The van der Waals surface area contributed by atoms with E-state index < -0.39 is 0 Å². The molecular weight excluding hydrogens is 196 g/mol. The Labute approximate surface area is 67.1 Å². The van der Waals surface area contributed by atoms with E-state index >= 15 is 0 Å². The van der Waals surface area contributed by atoms with Crippen molar-refractivity contribution in [2.45, 2.75) is 13.0 Å². The van der Waals surface area contributed by atoms with Gasteiger partial charge in [0.2, 0.25) is 5.88 Å². The Balaban J connectivity index is 2.41. The standard InChI is InChI=1S/C6H7BrN2O/c7-5-4-6-9(8-5)2-1-3-10-6/h4H,1-3H2. The molecule has 0 atom stereocenters. The summed E-state index contributed by atoms with van der Waals surface area (Å²) in [4.78, 5) is 0. The number of hydrogen-bond acceptors (Lipinski definition) is 2. The predicted molar refractivity (Wildman–Crippen MR) is 40.0 cm³/mol. The monoisotopic (exact) mass is 202 g/mol. The van der Waals surface area contributed by atoms with E-state index in [1.807, 2.05) is 10.7 Å². The lowest BCUT2D eigenvalue weighted by Gasteiger charge is -2.13. The van der Waals surface area contributed by atoms with Crippen molar-refractivity contribution in [1.29, 1.82) is 0 Å². The fourth-order valence-electron chi connectivity index (χ4n) is 1.04. The summed E-state index contributed by atoms with van der Waals surface area (Å²) in [5.41, 5.74) is 0. The van der Waals surface area contributed by atoms with Crippen molar-refractivity contribution in [2.24, 2.45) is 0 Å². The number of aryl methyl sites for hydroxylation is 1. The minimum absolute atomic E-state index is 0.818. The Hall–Kier alpha value is -0.510. The van der Waals surface area contributed by atoms with Gasteiger partial charge in [0.1, 0.15) is 4.60 Å². The van der Waals surface area contributed by atoms with E-state index in [0.717, 1.165) is 30.1 Å². The summed E-state index contributed by atoms with van der Waals surface area (Å²) in [7, 11) is 0. The van der Waals surface area contributed by atoms with Crippen LogP contribution in [0.3, 0.4) is 0 Å². The molecule has 0 fully saturated rings. The van der Waals surface area contributed by atoms with E-state index in [-0.39, 0.29) is 0 Å². The Morgan fingerprint density at radius 3 is 3.40 bits per heavy atom. The van der Waals surface area contributed by atoms with Gasteiger partial charge in [-0.15, -0.1) is 0 Å². The summed E-state index contributed by atoms with van der Waals surface area (Å²) in [6, 6.07) is 1.89. The number of fused-ring (bicyclic) bond motifs is 1. The van der Waals surface area contributed by atoms with Gasteiger partial charge in [0, 0.05) is 19.0 Å². The van der Waals surface area contributed by atoms with Crippen LogP contribution in [0.15, 0.2) is 10.7 Å². The number of hydrogen-bond donors (Lipinski definition) is 0. The highest BCUT2D eigenvalue weighted by molar-refractivity contribution is 9.10. The van der Waals surface area contributed by atoms with Gasteiger partial charge in [-0.3, -0.25) is 0 Å². The topological polar surface area (TPSA) is 27.1 Å². The molecule has 0 aromatic carbocycles. The zero-order chi connectivity index (χ0) is 6.97. The van der Waals surface area contributed by atoms with E-state index in [2.05, 4.69) is 21.0 Å². The van der Waals surface area contributed by atoms with Crippen molar-refractivity contribution >= 4 is 15.9 Å². The first kappa shape index (κ1) is 6.22. The highest BCUT2D eigenvalue weighted by Gasteiger charge is 2.10. The summed E-state index contributed by atoms with van der Waals surface area (Å²) >= 11 is 3.28. The Morgan fingerprint density at radius 2 is 2.60 bits per heavy atom. The van der Waals surface area contributed by atoms with Crippen LogP contribution in [0.1, 0.15) is 6.42 Å². The number of aromatic nitrogens is 2. The molecule has 2 heterocycles. The first-order valence-corrected chi connectivity index (χ1v) is 4.02. The zero-order valence-corrected chi connectivity index (χ0v) is 6.97. The Bertz CT molecular complexity index is 222. The summed E-state index contributed by atoms with van der Waals surface area (Å²) in [6.07, 6.45) is 1.06. The maximum absolute atomic E-state index is 5.31. The molecule has 0 spiro atoms. The van der Waals surface area contributed by atoms with Gasteiger partial charge in [0.05, 0.1) is 6.61 Å². The van der Waals surface area contributed by atoms with Gasteiger partial charge in [-0.2, -0.15) is 5.10 Å². The van der Waals surface area contributed by atoms with Gasteiger partial charge in [-0.05, 0) is 15.9 Å². The molecule has 3 nitrogen and oxygen atoms in total. The average Bonchev–Trinajstić information content (AvgIpc) is 2.27. The van der Waals surface area contributed by atoms with Gasteiger partial charge in [-0.25, -0.2) is 4.68 Å². The summed E-state index contributed by atoms with van der Waals surface area (Å²) in [5, 5.41) is 4.16. The van der Waals surface area contributed by atoms with Crippen LogP contribution in [0.4, 0.5) is 0 Å². The molecule has 54 valence electrons. The van der Waals surface area contributed by atoms with Crippen LogP contribution in [-0.4, -0.2) is 16.4 Å². The normalized spacial score (nSPS) is 16.1. The smallest absolute Gasteiger partial charge is 0.212 e. The Morgan fingerprint density at radius 1 is 1.70 bits per heavy atom. The largest absolute Gasteiger partial charge is 0.478 e. The fourth-order valence-corrected chi connectivity index (χ4v) is 1.42. The highest BCUT2D eigenvalue weighted by atomic mass is 79.9. The van der Waals surface area contributed by atoms with Gasteiger partial charge in [0.15, 0.2) is 0 Å². The van der Waals surface area contributed by atoms with Crippen molar-refractivity contribution in [1.82, 2.24) is 9.78 Å². The quantitative estimate of drug-likeness (QED) is 0.637. The molecule has 2 rings (SSSR count). The lowest BCUT2D eigenvalue weighted by atomic mass is 10.4. The second kappa shape index (κ2) is 2.27. The first-order chi connectivity index (χ1) is 4.86. The maximum atomic E-state index is 5.31. The number of ether oxygens (including phenoxy) is 1. The molecular formula is C6H7BrN2O. The molecule has 1 aromatic heterocycles. The molecule has 0 unspecified atom stereocenters. The van der Waals surface area contributed by atoms with Crippen molar-refractivity contribution in [2.75, 3.05) is 6.61 Å². The summed E-state index contributed by atoms with van der Waals surface area (Å²) < 4.78 is 8.03. The average molecular weight is 203 g/mol. The minimum Gasteiger partial charge on any atom is -0.478 e. The maximum Gasteiger partial charge on any atom is 0.212 e. The molecule has 0 saturated heterocycles. The third kappa shape index (κ3) is 0.923. The Kier molecular flexibility index (Phi) is 1.41. The van der Waals surface area contributed by atoms with Crippen LogP contribution in [-0.2, 0) is 6.54 Å². The zero-order valence-electron chi connectivity index (χ0n) is 5.38. The van der Waals surface area contributed by atoms with E-state index in [9.17, 15) is 0 Å². The summed E-state index contributed by atoms with van der Waals surface area (Å²) in [6.45, 7) is 1.79. The molecule has 0 N–H and O–H groups in total. The van der Waals surface area contributed by atoms with E-state index in [1.165, 1.54) is 0 Å². The van der Waals surface area contributed by atoms with Crippen molar-refractivity contribution < 1.29 is 4.74 Å². The molecule has 0 amide bonds. The molecule has 0 aliphatic carbocycles. The van der Waals surface area contributed by atoms with Crippen LogP contribution in [0, 0.1) is 0 Å². The van der Waals surface area contributed by atoms with Crippen LogP contribution >= 0.6 is 15.9 Å². The molecule has 10 heavy (non-hydrogen) atoms. The van der Waals surface area contributed by atoms with Crippen LogP contribution in [0.25, 0.3) is 0 Å². The van der Waals surface area contributed by atoms with Gasteiger partial charge >= 0.3 is 0 Å². The molecule has 0 radical (unpaired) electrons. The lowest BCUT2D eigenvalue weighted by molar-refractivity contribution is 0.230. The molecule has 1 aromatic rings. The highest BCUT2D eigenvalue weighted by Crippen LogP contribution is 2.20. The van der Waals surface area contributed by atoms with Crippen LogP contribution in [0.2, 0.25) is 0 Å². The molecule has 4 heteroatoms. The second-order valence-electron chi connectivity index (χ2n) is 2.23. The minimum atomic E-state index is 0.818. The predicted octanol–water partition coefficient (Wildman–Crippen LogP) is 1.43. The molecule has 1 aliphatic heterocycles. The van der Waals surface area contributed by atoms with E-state index in [4.69, 9.17) is 4.74 Å². The molecule has 1 aliphatic rings. The fraction of sp³-hybridized carbons (Fsp3) is 0.500. The van der Waals surface area contributed by atoms with Gasteiger partial charge < -0.3 is 4.74 Å². The number of halogens is 1. The third-order valence-electron chi connectivity index (χ3n) is 1.48. The second-order valence-corrected chi connectivity index (χ2v) is 3.04. The van der Waals surface area contributed by atoms with Gasteiger partial charge in [0.25, 0.3) is 0 Å². The van der Waals surface area contributed by atoms with E-state index in [0.29, 0.717) is 0 Å². The van der Waals surface area contributed by atoms with Gasteiger partial charge in [-0.1, -0.05) is 0 Å². The number of rotatable bonds is 0. The number of nitrogens with zero attached hydrogens (tertiary/aromatic N) is 2. The van der Waals surface area contributed by atoms with Crippen molar-refractivity contribution in [3.05, 3.63) is 10.7 Å².